The Labute approximate surface area is 94.5 Å². The third kappa shape index (κ3) is 6.91. The van der Waals surface area contributed by atoms with Gasteiger partial charge in [0.1, 0.15) is 0 Å². The summed E-state index contributed by atoms with van der Waals surface area (Å²) in [5.74, 6) is 0. The topological polar surface area (TPSA) is 0 Å². The van der Waals surface area contributed by atoms with Gasteiger partial charge in [-0.1, -0.05) is 44.6 Å². The summed E-state index contributed by atoms with van der Waals surface area (Å²) in [7, 11) is 0. The molecule has 0 fully saturated rings. The van der Waals surface area contributed by atoms with Crippen LogP contribution < -0.4 is 0 Å². The molecule has 62 valence electrons. The number of hydrogen-bond donors (Lipinski definition) is 0. The molecule has 0 aromatic heterocycles. The molecule has 0 nitrogen and oxygen atoms in total. The maximum atomic E-state index is 2.32. The summed E-state index contributed by atoms with van der Waals surface area (Å²) in [6, 6.07) is 0. The summed E-state index contributed by atoms with van der Waals surface area (Å²) in [5, 5.41) is 0. The minimum Gasteiger partial charge on any atom is -0.0840 e. The Kier molecular flexibility index (Phi) is 13.5. The maximum Gasteiger partial charge on any atom is 0 e. The van der Waals surface area contributed by atoms with Gasteiger partial charge in [-0.05, 0) is 19.3 Å². The summed E-state index contributed by atoms with van der Waals surface area (Å²) >= 11 is 0. The van der Waals surface area contributed by atoms with Crippen molar-refractivity contribution in [3.05, 3.63) is 23.8 Å². The van der Waals surface area contributed by atoms with Crippen molar-refractivity contribution < 1.29 is 31.1 Å². The summed E-state index contributed by atoms with van der Waals surface area (Å²) < 4.78 is 0. The quantitative estimate of drug-likeness (QED) is 0.655. The van der Waals surface area contributed by atoms with Gasteiger partial charge in [-0.3, -0.25) is 0 Å². The van der Waals surface area contributed by atoms with E-state index in [0.29, 0.717) is 0 Å². The predicted octanol–water partition coefficient (Wildman–Crippen LogP) is 3.70. The SMILES string of the molecule is CC.CCC1=CCCC=C1.[U]. The third-order valence-corrected chi connectivity index (χ3v) is 1.48. The van der Waals surface area contributed by atoms with E-state index in [2.05, 4.69) is 25.2 Å². The Morgan fingerprint density at radius 3 is 2.18 bits per heavy atom. The molecule has 0 atom stereocenters. The molecular formula is C10H18U. The fourth-order valence-corrected chi connectivity index (χ4v) is 0.930. The normalized spacial score (nSPS) is 13.9. The van der Waals surface area contributed by atoms with Crippen LogP contribution in [0.15, 0.2) is 23.8 Å². The van der Waals surface area contributed by atoms with Crippen LogP contribution in [-0.2, 0) is 0 Å². The van der Waals surface area contributed by atoms with Crippen LogP contribution in [0.25, 0.3) is 0 Å². The van der Waals surface area contributed by atoms with Gasteiger partial charge in [0.05, 0.1) is 0 Å². The fraction of sp³-hybridized carbons (Fsp3) is 0.600. The first-order valence-corrected chi connectivity index (χ1v) is 4.29. The monoisotopic (exact) mass is 376 g/mol. The van der Waals surface area contributed by atoms with Crippen molar-refractivity contribution in [2.45, 2.75) is 40.0 Å². The number of allylic oxidation sites excluding steroid dienone is 4. The molecule has 1 heteroatoms. The summed E-state index contributed by atoms with van der Waals surface area (Å²) in [6.45, 7) is 6.20. The molecule has 1 aliphatic carbocycles. The molecule has 1 rings (SSSR count). The standard InChI is InChI=1S/C8H12.C2H6.U/c1-2-8-6-4-3-5-7-8;1-2;/h4,6-7H,2-3,5H2,1H3;1-2H3;. The molecule has 1 aliphatic rings. The molecule has 0 heterocycles. The number of hydrogen-bond acceptors (Lipinski definition) is 0. The summed E-state index contributed by atoms with van der Waals surface area (Å²) in [4.78, 5) is 0. The van der Waals surface area contributed by atoms with Crippen LogP contribution in [0.4, 0.5) is 0 Å². The first-order chi connectivity index (χ1) is 4.93. The third-order valence-electron chi connectivity index (χ3n) is 1.48. The van der Waals surface area contributed by atoms with Gasteiger partial charge in [-0.2, -0.15) is 0 Å². The van der Waals surface area contributed by atoms with Crippen LogP contribution >= 0.6 is 0 Å². The molecule has 0 aromatic rings. The molecule has 0 bridgehead atoms. The van der Waals surface area contributed by atoms with Crippen molar-refractivity contribution in [2.75, 3.05) is 0 Å². The fourth-order valence-electron chi connectivity index (χ4n) is 0.930. The molecule has 0 saturated carbocycles. The van der Waals surface area contributed by atoms with Gasteiger partial charge in [-0.15, -0.1) is 0 Å². The van der Waals surface area contributed by atoms with Gasteiger partial charge in [0, 0.05) is 31.1 Å². The minimum atomic E-state index is 0. The Bertz CT molecular complexity index is 123. The zero-order chi connectivity index (χ0) is 7.82. The Balaban J connectivity index is 0. The molecule has 0 N–H and O–H groups in total. The van der Waals surface area contributed by atoms with Crippen molar-refractivity contribution in [3.8, 4) is 0 Å². The molecule has 11 heavy (non-hydrogen) atoms. The Hall–Kier alpha value is 0.532. The molecule has 0 saturated heterocycles. The van der Waals surface area contributed by atoms with E-state index in [9.17, 15) is 0 Å². The molecule has 0 amide bonds. The van der Waals surface area contributed by atoms with Crippen LogP contribution in [0.5, 0.6) is 0 Å². The van der Waals surface area contributed by atoms with Gasteiger partial charge in [0.2, 0.25) is 0 Å². The molecule has 0 spiro atoms. The zero-order valence-electron chi connectivity index (χ0n) is 7.85. The van der Waals surface area contributed by atoms with Crippen molar-refractivity contribution in [2.24, 2.45) is 0 Å². The van der Waals surface area contributed by atoms with Crippen LogP contribution in [0, 0.1) is 31.1 Å². The molecule has 0 radical (unpaired) electrons. The van der Waals surface area contributed by atoms with Gasteiger partial charge in [-0.25, -0.2) is 0 Å². The molecular weight excluding hydrogens is 358 g/mol. The van der Waals surface area contributed by atoms with Crippen molar-refractivity contribution in [1.29, 1.82) is 0 Å². The van der Waals surface area contributed by atoms with Crippen LogP contribution in [0.1, 0.15) is 40.0 Å². The summed E-state index contributed by atoms with van der Waals surface area (Å²) in [6.07, 6.45) is 10.5. The average molecular weight is 376 g/mol. The van der Waals surface area contributed by atoms with Crippen molar-refractivity contribution in [3.63, 3.8) is 0 Å². The summed E-state index contributed by atoms with van der Waals surface area (Å²) in [5.41, 5.74) is 1.50. The van der Waals surface area contributed by atoms with Crippen molar-refractivity contribution >= 4 is 0 Å². The van der Waals surface area contributed by atoms with E-state index in [1.54, 1.807) is 0 Å². The van der Waals surface area contributed by atoms with Gasteiger partial charge < -0.3 is 0 Å². The van der Waals surface area contributed by atoms with Crippen molar-refractivity contribution in [1.82, 2.24) is 0 Å². The molecule has 0 unspecified atom stereocenters. The average Bonchev–Trinajstić information content (AvgIpc) is 2.10. The first kappa shape index (κ1) is 14.1. The van der Waals surface area contributed by atoms with E-state index < -0.39 is 0 Å². The van der Waals surface area contributed by atoms with Crippen LogP contribution in [-0.4, -0.2) is 0 Å². The van der Waals surface area contributed by atoms with E-state index in [4.69, 9.17) is 0 Å². The Morgan fingerprint density at radius 1 is 1.27 bits per heavy atom. The smallest absolute Gasteiger partial charge is 0 e. The number of rotatable bonds is 1. The second-order valence-electron chi connectivity index (χ2n) is 2.11. The van der Waals surface area contributed by atoms with Gasteiger partial charge >= 0.3 is 0 Å². The molecule has 0 aromatic carbocycles. The van der Waals surface area contributed by atoms with E-state index >= 15 is 0 Å². The van der Waals surface area contributed by atoms with E-state index in [-0.39, 0.29) is 31.1 Å². The van der Waals surface area contributed by atoms with E-state index in [1.807, 2.05) is 13.8 Å². The zero-order valence-corrected chi connectivity index (χ0v) is 12.0. The van der Waals surface area contributed by atoms with E-state index in [1.165, 1.54) is 24.8 Å². The Morgan fingerprint density at radius 2 is 1.91 bits per heavy atom. The second-order valence-corrected chi connectivity index (χ2v) is 2.11. The van der Waals surface area contributed by atoms with Crippen LogP contribution in [0.3, 0.4) is 0 Å². The first-order valence-electron chi connectivity index (χ1n) is 4.29. The minimum absolute atomic E-state index is 0. The second kappa shape index (κ2) is 10.5. The largest absolute Gasteiger partial charge is 0.0840 e. The van der Waals surface area contributed by atoms with Gasteiger partial charge in [0.25, 0.3) is 0 Å². The van der Waals surface area contributed by atoms with Crippen LogP contribution in [0.2, 0.25) is 0 Å². The molecule has 0 aliphatic heterocycles. The predicted molar refractivity (Wildman–Crippen MR) is 48.1 cm³/mol. The van der Waals surface area contributed by atoms with E-state index in [0.717, 1.165) is 0 Å². The van der Waals surface area contributed by atoms with Gasteiger partial charge in [0.15, 0.2) is 0 Å². The maximum absolute atomic E-state index is 2.32.